The Kier molecular flexibility index (Phi) is 4.35. The molecule has 0 radical (unpaired) electrons. The van der Waals surface area contributed by atoms with Gasteiger partial charge in [0.15, 0.2) is 0 Å². The van der Waals surface area contributed by atoms with Crippen LogP contribution in [0.5, 0.6) is 0 Å². The average Bonchev–Trinajstić information content (AvgIpc) is 2.33. The molecule has 0 amide bonds. The van der Waals surface area contributed by atoms with Crippen LogP contribution in [0.25, 0.3) is 0 Å². The summed E-state index contributed by atoms with van der Waals surface area (Å²) < 4.78 is 5.37. The first kappa shape index (κ1) is 11.8. The number of hydrogen-bond donors (Lipinski definition) is 0. The lowest BCUT2D eigenvalue weighted by molar-refractivity contribution is -0.143. The van der Waals surface area contributed by atoms with E-state index in [1.165, 1.54) is 6.08 Å². The van der Waals surface area contributed by atoms with Crippen molar-refractivity contribution < 1.29 is 9.53 Å². The summed E-state index contributed by atoms with van der Waals surface area (Å²) in [5.41, 5.74) is 0.981. The Morgan fingerprint density at radius 2 is 2.33 bits per heavy atom. The molecule has 15 heavy (non-hydrogen) atoms. The lowest BCUT2D eigenvalue weighted by Crippen LogP contribution is -2.25. The lowest BCUT2D eigenvalue weighted by atomic mass is 9.96. The minimum Gasteiger partial charge on any atom is -0.454 e. The maximum atomic E-state index is 11.3. The van der Waals surface area contributed by atoms with Gasteiger partial charge in [-0.3, -0.25) is 0 Å². The highest BCUT2D eigenvalue weighted by molar-refractivity contribution is 5.82. The molecule has 1 rings (SSSR count). The Morgan fingerprint density at radius 3 is 3.00 bits per heavy atom. The Bertz CT molecular complexity index is 300. The molecule has 0 aliphatic heterocycles. The van der Waals surface area contributed by atoms with Gasteiger partial charge in [0, 0.05) is 12.0 Å². The molecular formula is C13H18O2. The molecule has 0 aromatic rings. The largest absolute Gasteiger partial charge is 0.454 e. The molecule has 82 valence electrons. The van der Waals surface area contributed by atoms with E-state index in [0.717, 1.165) is 18.4 Å². The number of ether oxygens (including phenoxy) is 1. The third-order valence-corrected chi connectivity index (χ3v) is 2.52. The van der Waals surface area contributed by atoms with Crippen molar-refractivity contribution in [2.45, 2.75) is 32.8 Å². The zero-order valence-corrected chi connectivity index (χ0v) is 9.40. The summed E-state index contributed by atoms with van der Waals surface area (Å²) in [5.74, 6) is 0.0304. The van der Waals surface area contributed by atoms with Gasteiger partial charge in [0.1, 0.15) is 6.10 Å². The van der Waals surface area contributed by atoms with Crippen molar-refractivity contribution in [2.75, 3.05) is 0 Å². The summed E-state index contributed by atoms with van der Waals surface area (Å²) in [7, 11) is 0. The number of esters is 1. The number of carbonyl (C=O) groups is 1. The van der Waals surface area contributed by atoms with E-state index in [-0.39, 0.29) is 12.1 Å². The zero-order valence-electron chi connectivity index (χ0n) is 9.40. The van der Waals surface area contributed by atoms with Gasteiger partial charge in [-0.15, -0.1) is 0 Å². The number of allylic oxidation sites excluding steroid dienone is 3. The molecule has 0 aromatic carbocycles. The van der Waals surface area contributed by atoms with Crippen molar-refractivity contribution in [1.29, 1.82) is 0 Å². The molecule has 1 aliphatic carbocycles. The third kappa shape index (κ3) is 3.39. The summed E-state index contributed by atoms with van der Waals surface area (Å²) >= 11 is 0. The quantitative estimate of drug-likeness (QED) is 0.394. The second kappa shape index (κ2) is 5.54. The normalized spacial score (nSPS) is 26.7. The van der Waals surface area contributed by atoms with E-state index in [9.17, 15) is 4.79 Å². The number of rotatable bonds is 2. The summed E-state index contributed by atoms with van der Waals surface area (Å²) in [6.45, 7) is 7.84. The highest BCUT2D eigenvalue weighted by Gasteiger charge is 2.23. The Hall–Kier alpha value is -1.31. The fraction of sp³-hybridized carbons (Fsp3) is 0.462. The minimum atomic E-state index is -0.280. The van der Waals surface area contributed by atoms with E-state index >= 15 is 0 Å². The minimum absolute atomic E-state index is 0.149. The second-order valence-electron chi connectivity index (χ2n) is 3.90. The molecule has 0 aromatic heterocycles. The second-order valence-corrected chi connectivity index (χ2v) is 3.90. The van der Waals surface area contributed by atoms with Crippen molar-refractivity contribution in [3.05, 3.63) is 36.5 Å². The molecule has 0 unspecified atom stereocenters. The predicted molar refractivity (Wildman–Crippen MR) is 61.4 cm³/mol. The predicted octanol–water partition coefficient (Wildman–Crippen LogP) is 3.02. The molecule has 0 fully saturated rings. The van der Waals surface area contributed by atoms with Gasteiger partial charge < -0.3 is 4.74 Å². The Balaban J connectivity index is 2.65. The fourth-order valence-electron chi connectivity index (χ4n) is 1.69. The first-order valence-corrected chi connectivity index (χ1v) is 5.31. The first-order valence-electron chi connectivity index (χ1n) is 5.31. The molecule has 0 spiro atoms. The monoisotopic (exact) mass is 206 g/mol. The van der Waals surface area contributed by atoms with Crippen molar-refractivity contribution >= 4 is 5.97 Å². The van der Waals surface area contributed by atoms with Gasteiger partial charge in [-0.05, 0) is 25.3 Å². The van der Waals surface area contributed by atoms with Crippen LogP contribution >= 0.6 is 0 Å². The van der Waals surface area contributed by atoms with Gasteiger partial charge in [-0.2, -0.15) is 0 Å². The van der Waals surface area contributed by atoms with Crippen molar-refractivity contribution in [3.63, 3.8) is 0 Å². The fourth-order valence-corrected chi connectivity index (χ4v) is 1.69. The Labute approximate surface area is 91.3 Å². The molecule has 0 heterocycles. The van der Waals surface area contributed by atoms with E-state index < -0.39 is 0 Å². The first-order chi connectivity index (χ1) is 7.15. The van der Waals surface area contributed by atoms with Crippen LogP contribution in [-0.4, -0.2) is 12.1 Å². The molecule has 1 aliphatic rings. The third-order valence-electron chi connectivity index (χ3n) is 2.52. The van der Waals surface area contributed by atoms with Crippen LogP contribution in [0.2, 0.25) is 0 Å². The molecule has 0 bridgehead atoms. The zero-order chi connectivity index (χ0) is 11.3. The van der Waals surface area contributed by atoms with Crippen LogP contribution in [0, 0.1) is 5.92 Å². The molecule has 0 saturated heterocycles. The van der Waals surface area contributed by atoms with Crippen LogP contribution in [0.1, 0.15) is 26.7 Å². The maximum Gasteiger partial charge on any atom is 0.331 e. The van der Waals surface area contributed by atoms with Crippen LogP contribution in [0.3, 0.4) is 0 Å². The summed E-state index contributed by atoms with van der Waals surface area (Å²) in [6.07, 6.45) is 8.93. The molecule has 0 saturated carbocycles. The Morgan fingerprint density at radius 1 is 1.60 bits per heavy atom. The van der Waals surface area contributed by atoms with E-state index in [4.69, 9.17) is 4.74 Å². The SMILES string of the molecule is C=C1CC=CC[C@H](C)[C@@H]1OC(=O)/C=C/C. The highest BCUT2D eigenvalue weighted by atomic mass is 16.5. The van der Waals surface area contributed by atoms with Crippen LogP contribution in [0.15, 0.2) is 36.5 Å². The lowest BCUT2D eigenvalue weighted by Gasteiger charge is -2.22. The molecule has 2 atom stereocenters. The van der Waals surface area contributed by atoms with Gasteiger partial charge in [-0.25, -0.2) is 4.79 Å². The molecular weight excluding hydrogens is 188 g/mol. The number of carbonyl (C=O) groups excluding carboxylic acids is 1. The smallest absolute Gasteiger partial charge is 0.331 e. The van der Waals surface area contributed by atoms with E-state index in [1.807, 2.05) is 0 Å². The van der Waals surface area contributed by atoms with Crippen LogP contribution in [-0.2, 0) is 9.53 Å². The van der Waals surface area contributed by atoms with Crippen molar-refractivity contribution in [2.24, 2.45) is 5.92 Å². The number of hydrogen-bond acceptors (Lipinski definition) is 2. The standard InChI is InChI=1S/C13H18O2/c1-4-7-12(14)15-13-10(2)8-5-6-9-11(13)3/h4-7,11,13H,2,8-9H2,1,3H3/b7-4+/t11-,13+/m0/s1. The maximum absolute atomic E-state index is 11.3. The average molecular weight is 206 g/mol. The summed E-state index contributed by atoms with van der Waals surface area (Å²) in [4.78, 5) is 11.3. The van der Waals surface area contributed by atoms with Gasteiger partial charge in [0.2, 0.25) is 0 Å². The molecule has 0 N–H and O–H groups in total. The van der Waals surface area contributed by atoms with Crippen molar-refractivity contribution in [3.8, 4) is 0 Å². The summed E-state index contributed by atoms with van der Waals surface area (Å²) in [6, 6.07) is 0. The van der Waals surface area contributed by atoms with Crippen LogP contribution in [0.4, 0.5) is 0 Å². The van der Waals surface area contributed by atoms with Crippen molar-refractivity contribution in [1.82, 2.24) is 0 Å². The molecule has 2 heteroatoms. The van der Waals surface area contributed by atoms with Gasteiger partial charge in [-0.1, -0.05) is 31.7 Å². The van der Waals surface area contributed by atoms with E-state index in [1.54, 1.807) is 13.0 Å². The van der Waals surface area contributed by atoms with Gasteiger partial charge >= 0.3 is 5.97 Å². The van der Waals surface area contributed by atoms with E-state index in [2.05, 4.69) is 25.7 Å². The summed E-state index contributed by atoms with van der Waals surface area (Å²) in [5, 5.41) is 0. The van der Waals surface area contributed by atoms with Gasteiger partial charge in [0.05, 0.1) is 0 Å². The van der Waals surface area contributed by atoms with Gasteiger partial charge in [0.25, 0.3) is 0 Å². The topological polar surface area (TPSA) is 26.3 Å². The highest BCUT2D eigenvalue weighted by Crippen LogP contribution is 2.25. The molecule has 2 nitrogen and oxygen atoms in total. The van der Waals surface area contributed by atoms with Crippen LogP contribution < -0.4 is 0 Å². The van der Waals surface area contributed by atoms with E-state index in [0.29, 0.717) is 5.92 Å².